The summed E-state index contributed by atoms with van der Waals surface area (Å²) in [6, 6.07) is 0. The molecule has 2 nitrogen and oxygen atoms in total. The quantitative estimate of drug-likeness (QED) is 0.480. The summed E-state index contributed by atoms with van der Waals surface area (Å²) in [5.74, 6) is 3.26. The summed E-state index contributed by atoms with van der Waals surface area (Å²) in [5.41, 5.74) is 4.07. The van der Waals surface area contributed by atoms with E-state index in [1.807, 2.05) is 6.08 Å². The first-order chi connectivity index (χ1) is 14.6. The molecule has 0 radical (unpaired) electrons. The van der Waals surface area contributed by atoms with Crippen molar-refractivity contribution in [2.45, 2.75) is 99.0 Å². The lowest BCUT2D eigenvalue weighted by molar-refractivity contribution is -0.113. The number of hydrogen-bond donors (Lipinski definition) is 1. The third-order valence-electron chi connectivity index (χ3n) is 10.00. The zero-order chi connectivity index (χ0) is 22.6. The Bertz CT molecular complexity index is 815. The van der Waals surface area contributed by atoms with Gasteiger partial charge < -0.3 is 5.11 Å². The zero-order valence-electron chi connectivity index (χ0n) is 20.7. The van der Waals surface area contributed by atoms with Crippen molar-refractivity contribution in [2.75, 3.05) is 0 Å². The second kappa shape index (κ2) is 8.32. The molecule has 2 saturated carbocycles. The zero-order valence-corrected chi connectivity index (χ0v) is 20.7. The van der Waals surface area contributed by atoms with Crippen LogP contribution in [-0.4, -0.2) is 17.0 Å². The standard InChI is InChI=1S/C29H44O2/c1-7-20(18(2)3)9-8-19(4)23-10-11-24-27-25(13-15-29(23,24)6)28(5)14-12-22(30)16-21(28)17-26(27)31/h8-9,17-20,22-24,30H,7,10-16H2,1-6H3. The van der Waals surface area contributed by atoms with Crippen molar-refractivity contribution in [1.29, 1.82) is 0 Å². The molecule has 4 aliphatic rings. The highest BCUT2D eigenvalue weighted by atomic mass is 16.3. The Morgan fingerprint density at radius 2 is 1.87 bits per heavy atom. The van der Waals surface area contributed by atoms with Crippen LogP contribution in [0.5, 0.6) is 0 Å². The van der Waals surface area contributed by atoms with Crippen LogP contribution in [0.3, 0.4) is 0 Å². The highest BCUT2D eigenvalue weighted by Gasteiger charge is 2.56. The molecular formula is C29H44O2. The number of allylic oxidation sites excluding steroid dienone is 5. The van der Waals surface area contributed by atoms with Crippen molar-refractivity contribution in [2.24, 2.45) is 40.4 Å². The SMILES string of the molecule is CCC(C=CC(C)C1CCC2C3=C(CCC21C)C1(C)CCC(O)CC1=CC3=O)C(C)C. The van der Waals surface area contributed by atoms with E-state index in [1.54, 1.807) is 0 Å². The second-order valence-electron chi connectivity index (χ2n) is 12.0. The molecule has 2 fully saturated rings. The molecule has 0 amide bonds. The van der Waals surface area contributed by atoms with Crippen molar-refractivity contribution in [3.05, 3.63) is 34.9 Å². The van der Waals surface area contributed by atoms with Gasteiger partial charge in [-0.05, 0) is 92.4 Å². The molecule has 1 N–H and O–H groups in total. The fraction of sp³-hybridized carbons (Fsp3) is 0.759. The molecule has 31 heavy (non-hydrogen) atoms. The number of aliphatic hydroxyl groups is 1. The molecular weight excluding hydrogens is 380 g/mol. The second-order valence-corrected chi connectivity index (χ2v) is 12.0. The first-order valence-corrected chi connectivity index (χ1v) is 13.0. The molecule has 0 aromatic carbocycles. The lowest BCUT2D eigenvalue weighted by Gasteiger charge is -2.51. The lowest BCUT2D eigenvalue weighted by atomic mass is 9.53. The van der Waals surface area contributed by atoms with Gasteiger partial charge in [0.05, 0.1) is 6.10 Å². The maximum absolute atomic E-state index is 13.4. The van der Waals surface area contributed by atoms with E-state index in [0.29, 0.717) is 36.0 Å². The van der Waals surface area contributed by atoms with E-state index in [1.165, 1.54) is 36.0 Å². The maximum atomic E-state index is 13.4. The van der Waals surface area contributed by atoms with E-state index < -0.39 is 0 Å². The van der Waals surface area contributed by atoms with E-state index >= 15 is 0 Å². The number of ketones is 1. The van der Waals surface area contributed by atoms with Gasteiger partial charge in [-0.2, -0.15) is 0 Å². The molecule has 172 valence electrons. The third kappa shape index (κ3) is 3.71. The van der Waals surface area contributed by atoms with Crippen molar-refractivity contribution >= 4 is 5.78 Å². The van der Waals surface area contributed by atoms with Crippen molar-refractivity contribution < 1.29 is 9.90 Å². The number of hydrogen-bond acceptors (Lipinski definition) is 2. The molecule has 0 bridgehead atoms. The van der Waals surface area contributed by atoms with Crippen LogP contribution in [0.25, 0.3) is 0 Å². The van der Waals surface area contributed by atoms with Gasteiger partial charge in [0.2, 0.25) is 0 Å². The molecule has 0 aromatic rings. The van der Waals surface area contributed by atoms with Gasteiger partial charge in [0.1, 0.15) is 0 Å². The maximum Gasteiger partial charge on any atom is 0.182 e. The Kier molecular flexibility index (Phi) is 6.18. The molecule has 7 unspecified atom stereocenters. The average molecular weight is 425 g/mol. The Labute approximate surface area is 190 Å². The average Bonchev–Trinajstić information content (AvgIpc) is 3.06. The van der Waals surface area contributed by atoms with Crippen LogP contribution >= 0.6 is 0 Å². The van der Waals surface area contributed by atoms with Crippen molar-refractivity contribution in [3.63, 3.8) is 0 Å². The number of carbonyl (C=O) groups is 1. The van der Waals surface area contributed by atoms with E-state index in [9.17, 15) is 9.90 Å². The van der Waals surface area contributed by atoms with E-state index in [4.69, 9.17) is 0 Å². The topological polar surface area (TPSA) is 37.3 Å². The minimum absolute atomic E-state index is 0.0129. The van der Waals surface area contributed by atoms with Gasteiger partial charge in [0.25, 0.3) is 0 Å². The minimum atomic E-state index is -0.274. The molecule has 0 spiro atoms. The summed E-state index contributed by atoms with van der Waals surface area (Å²) in [7, 11) is 0. The summed E-state index contributed by atoms with van der Waals surface area (Å²) >= 11 is 0. The largest absolute Gasteiger partial charge is 0.393 e. The first-order valence-electron chi connectivity index (χ1n) is 13.0. The molecule has 0 aliphatic heterocycles. The van der Waals surface area contributed by atoms with Gasteiger partial charge in [-0.1, -0.05) is 64.8 Å². The van der Waals surface area contributed by atoms with Crippen LogP contribution in [0.15, 0.2) is 34.9 Å². The summed E-state index contributed by atoms with van der Waals surface area (Å²) in [4.78, 5) is 13.4. The Morgan fingerprint density at radius 1 is 1.13 bits per heavy atom. The van der Waals surface area contributed by atoms with Gasteiger partial charge in [-0.15, -0.1) is 0 Å². The number of rotatable bonds is 5. The van der Waals surface area contributed by atoms with Crippen LogP contribution in [0.1, 0.15) is 92.9 Å². The third-order valence-corrected chi connectivity index (χ3v) is 10.00. The minimum Gasteiger partial charge on any atom is -0.393 e. The molecule has 0 aromatic heterocycles. The summed E-state index contributed by atoms with van der Waals surface area (Å²) in [6.45, 7) is 14.2. The highest BCUT2D eigenvalue weighted by Crippen LogP contribution is 2.64. The summed E-state index contributed by atoms with van der Waals surface area (Å²) in [5, 5.41) is 10.2. The number of fused-ring (bicyclic) bond motifs is 4. The van der Waals surface area contributed by atoms with Crippen LogP contribution in [-0.2, 0) is 4.79 Å². The van der Waals surface area contributed by atoms with Crippen molar-refractivity contribution in [1.82, 2.24) is 0 Å². The Morgan fingerprint density at radius 3 is 2.55 bits per heavy atom. The predicted molar refractivity (Wildman–Crippen MR) is 129 cm³/mol. The molecule has 4 rings (SSSR count). The van der Waals surface area contributed by atoms with Crippen molar-refractivity contribution in [3.8, 4) is 0 Å². The Hall–Kier alpha value is -1.15. The number of aliphatic hydroxyl groups excluding tert-OH is 1. The molecule has 7 atom stereocenters. The normalized spacial score (nSPS) is 39.9. The van der Waals surface area contributed by atoms with Gasteiger partial charge in [-0.25, -0.2) is 0 Å². The summed E-state index contributed by atoms with van der Waals surface area (Å²) < 4.78 is 0. The lowest BCUT2D eigenvalue weighted by Crippen LogP contribution is -2.44. The highest BCUT2D eigenvalue weighted by molar-refractivity contribution is 6.07. The fourth-order valence-corrected chi connectivity index (χ4v) is 7.87. The monoisotopic (exact) mass is 424 g/mol. The smallest absolute Gasteiger partial charge is 0.182 e. The molecule has 2 heteroatoms. The van der Waals surface area contributed by atoms with E-state index in [0.717, 1.165) is 25.7 Å². The van der Waals surface area contributed by atoms with E-state index in [-0.39, 0.29) is 22.7 Å². The Balaban J connectivity index is 1.61. The van der Waals surface area contributed by atoms with Gasteiger partial charge >= 0.3 is 0 Å². The van der Waals surface area contributed by atoms with Crippen LogP contribution < -0.4 is 0 Å². The van der Waals surface area contributed by atoms with Crippen LogP contribution in [0.2, 0.25) is 0 Å². The van der Waals surface area contributed by atoms with Gasteiger partial charge in [0.15, 0.2) is 5.78 Å². The number of carbonyl (C=O) groups excluding carboxylic acids is 1. The molecule has 0 heterocycles. The fourth-order valence-electron chi connectivity index (χ4n) is 7.87. The molecule has 0 saturated heterocycles. The predicted octanol–water partition coefficient (Wildman–Crippen LogP) is 7.04. The van der Waals surface area contributed by atoms with Gasteiger partial charge in [-0.3, -0.25) is 4.79 Å². The van der Waals surface area contributed by atoms with Gasteiger partial charge in [0, 0.05) is 11.0 Å². The van der Waals surface area contributed by atoms with Crippen LogP contribution in [0, 0.1) is 40.4 Å². The van der Waals surface area contributed by atoms with Crippen LogP contribution in [0.4, 0.5) is 0 Å². The molecule has 4 aliphatic carbocycles. The summed E-state index contributed by atoms with van der Waals surface area (Å²) in [6.07, 6.45) is 15.0. The van der Waals surface area contributed by atoms with E-state index in [2.05, 4.69) is 53.7 Å². The first kappa shape index (κ1) is 23.0.